The summed E-state index contributed by atoms with van der Waals surface area (Å²) in [4.78, 5) is 1.50. The first-order valence-electron chi connectivity index (χ1n) is 6.62. The van der Waals surface area contributed by atoms with Gasteiger partial charge in [0.15, 0.2) is 0 Å². The number of nitrogens with one attached hydrogen (secondary N) is 1. The minimum Gasteiger partial charge on any atom is -0.309 e. The van der Waals surface area contributed by atoms with Crippen molar-refractivity contribution in [2.45, 2.75) is 45.6 Å². The summed E-state index contributed by atoms with van der Waals surface area (Å²) in [6.45, 7) is 5.90. The van der Waals surface area contributed by atoms with Gasteiger partial charge in [-0.25, -0.2) is 0 Å². The maximum Gasteiger partial charge on any atom is 0.0934 e. The monoisotopic (exact) mass is 269 g/mol. The number of hydrogen-bond donors (Lipinski definition) is 1. The number of aryl methyl sites for hydroxylation is 1. The second-order valence-corrected chi connectivity index (χ2v) is 7.69. The van der Waals surface area contributed by atoms with E-state index >= 15 is 0 Å². The van der Waals surface area contributed by atoms with E-state index < -0.39 is 0 Å². The van der Waals surface area contributed by atoms with Gasteiger partial charge < -0.3 is 5.32 Å². The number of halogens is 1. The average Bonchev–Trinajstić information content (AvgIpc) is 2.86. The van der Waals surface area contributed by atoms with Crippen LogP contribution in [0.15, 0.2) is 6.07 Å². The molecule has 1 aromatic heterocycles. The van der Waals surface area contributed by atoms with E-state index in [1.807, 2.05) is 0 Å². The molecule has 0 bridgehead atoms. The van der Waals surface area contributed by atoms with Crippen LogP contribution in [0.4, 0.5) is 0 Å². The van der Waals surface area contributed by atoms with Crippen molar-refractivity contribution in [3.8, 4) is 0 Å². The maximum atomic E-state index is 6.09. The molecule has 2 aliphatic carbocycles. The third-order valence-electron chi connectivity index (χ3n) is 4.66. The van der Waals surface area contributed by atoms with E-state index in [9.17, 15) is 0 Å². The summed E-state index contributed by atoms with van der Waals surface area (Å²) in [7, 11) is 0. The fourth-order valence-electron chi connectivity index (χ4n) is 2.99. The molecule has 0 spiro atoms. The van der Waals surface area contributed by atoms with Crippen LogP contribution in [0, 0.1) is 11.3 Å². The van der Waals surface area contributed by atoms with Crippen molar-refractivity contribution in [3.05, 3.63) is 20.8 Å². The zero-order valence-electron chi connectivity index (χ0n) is 10.6. The second-order valence-electron chi connectivity index (χ2n) is 5.92. The molecule has 1 saturated carbocycles. The van der Waals surface area contributed by atoms with E-state index in [-0.39, 0.29) is 0 Å². The molecule has 3 rings (SSSR count). The third-order valence-corrected chi connectivity index (χ3v) is 6.00. The lowest BCUT2D eigenvalue weighted by Gasteiger charge is -2.23. The molecule has 0 amide bonds. The largest absolute Gasteiger partial charge is 0.309 e. The zero-order valence-corrected chi connectivity index (χ0v) is 12.1. The molecular formula is C14H20ClNS. The molecule has 0 saturated heterocycles. The van der Waals surface area contributed by atoms with Gasteiger partial charge in [-0.3, -0.25) is 0 Å². The van der Waals surface area contributed by atoms with E-state index in [0.717, 1.165) is 10.3 Å². The predicted octanol–water partition coefficient (Wildman–Crippen LogP) is 4.41. The van der Waals surface area contributed by atoms with E-state index in [2.05, 4.69) is 25.2 Å². The van der Waals surface area contributed by atoms with Crippen LogP contribution in [0.1, 0.15) is 49.6 Å². The van der Waals surface area contributed by atoms with Crippen molar-refractivity contribution < 1.29 is 0 Å². The van der Waals surface area contributed by atoms with Gasteiger partial charge in [0, 0.05) is 17.5 Å². The van der Waals surface area contributed by atoms with Crippen molar-refractivity contribution in [2.75, 3.05) is 6.54 Å². The summed E-state index contributed by atoms with van der Waals surface area (Å²) >= 11 is 7.85. The molecule has 1 N–H and O–H groups in total. The molecule has 3 heteroatoms. The normalized spacial score (nSPS) is 25.3. The van der Waals surface area contributed by atoms with Gasteiger partial charge in [0.1, 0.15) is 0 Å². The quantitative estimate of drug-likeness (QED) is 0.854. The van der Waals surface area contributed by atoms with Gasteiger partial charge in [0.05, 0.1) is 4.34 Å². The summed E-state index contributed by atoms with van der Waals surface area (Å²) in [5, 5.41) is 3.78. The van der Waals surface area contributed by atoms with Crippen LogP contribution < -0.4 is 5.32 Å². The van der Waals surface area contributed by atoms with Crippen LogP contribution in [0.5, 0.6) is 0 Å². The topological polar surface area (TPSA) is 12.0 Å². The Labute approximate surface area is 113 Å². The molecule has 17 heavy (non-hydrogen) atoms. The fraction of sp³-hybridized carbons (Fsp3) is 0.714. The van der Waals surface area contributed by atoms with E-state index in [4.69, 9.17) is 11.6 Å². The SMILES string of the molecule is CC(C)C1(CNC2CCc3sc(Cl)cc32)CC1. The Hall–Kier alpha value is -0.0500. The van der Waals surface area contributed by atoms with E-state index in [1.165, 1.54) is 42.7 Å². The molecule has 1 nitrogen and oxygen atoms in total. The van der Waals surface area contributed by atoms with Gasteiger partial charge in [0.2, 0.25) is 0 Å². The molecule has 0 aliphatic heterocycles. The van der Waals surface area contributed by atoms with Crippen LogP contribution in [0.25, 0.3) is 0 Å². The summed E-state index contributed by atoms with van der Waals surface area (Å²) in [6, 6.07) is 2.73. The van der Waals surface area contributed by atoms with Crippen molar-refractivity contribution in [2.24, 2.45) is 11.3 Å². The number of rotatable bonds is 4. The first-order valence-corrected chi connectivity index (χ1v) is 7.82. The molecule has 1 heterocycles. The van der Waals surface area contributed by atoms with Crippen LogP contribution in [0.2, 0.25) is 4.34 Å². The molecule has 1 unspecified atom stereocenters. The summed E-state index contributed by atoms with van der Waals surface area (Å²) in [5.74, 6) is 0.807. The number of hydrogen-bond acceptors (Lipinski definition) is 2. The van der Waals surface area contributed by atoms with Crippen molar-refractivity contribution in [1.82, 2.24) is 5.32 Å². The summed E-state index contributed by atoms with van der Waals surface area (Å²) < 4.78 is 0.950. The molecule has 94 valence electrons. The lowest BCUT2D eigenvalue weighted by atomic mass is 9.92. The highest BCUT2D eigenvalue weighted by Gasteiger charge is 2.45. The Bertz CT molecular complexity index is 420. The van der Waals surface area contributed by atoms with Crippen LogP contribution in [-0.4, -0.2) is 6.54 Å². The van der Waals surface area contributed by atoms with Crippen molar-refractivity contribution in [3.63, 3.8) is 0 Å². The Morgan fingerprint density at radius 3 is 2.94 bits per heavy atom. The Morgan fingerprint density at radius 1 is 1.53 bits per heavy atom. The standard InChI is InChI=1S/C14H20ClNS/c1-9(2)14(5-6-14)8-16-11-3-4-12-10(11)7-13(15)17-12/h7,9,11,16H,3-6,8H2,1-2H3. The average molecular weight is 270 g/mol. The Balaban J connectivity index is 1.64. The minimum absolute atomic E-state index is 0.560. The van der Waals surface area contributed by atoms with E-state index in [1.54, 1.807) is 11.3 Å². The highest BCUT2D eigenvalue weighted by Crippen LogP contribution is 2.52. The van der Waals surface area contributed by atoms with Gasteiger partial charge >= 0.3 is 0 Å². The van der Waals surface area contributed by atoms with Gasteiger partial charge in [-0.15, -0.1) is 11.3 Å². The first-order chi connectivity index (χ1) is 8.11. The Kier molecular flexibility index (Phi) is 3.00. The molecular weight excluding hydrogens is 250 g/mol. The van der Waals surface area contributed by atoms with Crippen LogP contribution in [0.3, 0.4) is 0 Å². The lowest BCUT2D eigenvalue weighted by molar-refractivity contribution is 0.320. The van der Waals surface area contributed by atoms with Crippen LogP contribution >= 0.6 is 22.9 Å². The Morgan fingerprint density at radius 2 is 2.29 bits per heavy atom. The zero-order chi connectivity index (χ0) is 12.0. The predicted molar refractivity (Wildman–Crippen MR) is 74.9 cm³/mol. The van der Waals surface area contributed by atoms with Gasteiger partial charge in [-0.2, -0.15) is 0 Å². The third kappa shape index (κ3) is 2.16. The van der Waals surface area contributed by atoms with Gasteiger partial charge in [0.25, 0.3) is 0 Å². The van der Waals surface area contributed by atoms with Crippen LogP contribution in [-0.2, 0) is 6.42 Å². The van der Waals surface area contributed by atoms with Gasteiger partial charge in [-0.1, -0.05) is 25.4 Å². The molecule has 1 aromatic rings. The molecule has 1 fully saturated rings. The minimum atomic E-state index is 0.560. The fourth-order valence-corrected chi connectivity index (χ4v) is 4.34. The first kappa shape index (κ1) is 12.0. The highest BCUT2D eigenvalue weighted by atomic mass is 35.5. The molecule has 2 aliphatic rings. The molecule has 1 atom stereocenters. The summed E-state index contributed by atoms with van der Waals surface area (Å²) in [6.07, 6.45) is 5.27. The van der Waals surface area contributed by atoms with Crippen molar-refractivity contribution in [1.29, 1.82) is 0 Å². The second kappa shape index (κ2) is 4.25. The van der Waals surface area contributed by atoms with Crippen molar-refractivity contribution >= 4 is 22.9 Å². The van der Waals surface area contributed by atoms with Gasteiger partial charge in [-0.05, 0) is 48.6 Å². The number of fused-ring (bicyclic) bond motifs is 1. The summed E-state index contributed by atoms with van der Waals surface area (Å²) in [5.41, 5.74) is 2.07. The highest BCUT2D eigenvalue weighted by molar-refractivity contribution is 7.16. The maximum absolute atomic E-state index is 6.09. The smallest absolute Gasteiger partial charge is 0.0934 e. The lowest BCUT2D eigenvalue weighted by Crippen LogP contribution is -2.30. The number of thiophene rings is 1. The van der Waals surface area contributed by atoms with E-state index in [0.29, 0.717) is 11.5 Å². The molecule has 0 radical (unpaired) electrons. The molecule has 0 aromatic carbocycles.